The molecule has 7 heteroatoms. The fraction of sp³-hybridized carbons (Fsp3) is 0.500. The summed E-state index contributed by atoms with van der Waals surface area (Å²) in [7, 11) is 0. The van der Waals surface area contributed by atoms with Gasteiger partial charge in [0.15, 0.2) is 0 Å². The van der Waals surface area contributed by atoms with E-state index in [0.717, 1.165) is 17.4 Å². The van der Waals surface area contributed by atoms with Gasteiger partial charge in [0.25, 0.3) is 11.5 Å². The zero-order valence-corrected chi connectivity index (χ0v) is 14.6. The largest absolute Gasteiger partial charge is 0.334 e. The lowest BCUT2D eigenvalue weighted by atomic mass is 9.92. The average Bonchev–Trinajstić information content (AvgIpc) is 2.60. The maximum atomic E-state index is 12.9. The van der Waals surface area contributed by atoms with Gasteiger partial charge in [-0.05, 0) is 43.9 Å². The minimum atomic E-state index is -0.462. The van der Waals surface area contributed by atoms with Crippen LogP contribution in [-0.4, -0.2) is 39.5 Å². The number of piperidine rings is 1. The SMILES string of the molecule is CCn1c(=O)[nH]c2cc(C(=O)N3CCC(C)CC3CN)ccc2c1=O. The Bertz CT molecular complexity index is 915. The number of nitrogens with zero attached hydrogens (tertiary/aromatic N) is 2. The standard InChI is InChI=1S/C18H24N4O3/c1-3-21-17(24)14-5-4-12(9-15(14)20-18(21)25)16(23)22-7-6-11(2)8-13(22)10-19/h4-5,9,11,13H,3,6-8,10,19H2,1-2H3,(H,20,25). The molecule has 2 aromatic rings. The lowest BCUT2D eigenvalue weighted by Gasteiger charge is -2.38. The summed E-state index contributed by atoms with van der Waals surface area (Å²) in [5, 5.41) is 0.403. The van der Waals surface area contributed by atoms with Crippen LogP contribution in [0.3, 0.4) is 0 Å². The predicted molar refractivity (Wildman–Crippen MR) is 96.8 cm³/mol. The highest BCUT2D eigenvalue weighted by molar-refractivity contribution is 5.97. The van der Waals surface area contributed by atoms with Gasteiger partial charge in [-0.15, -0.1) is 0 Å². The number of nitrogens with one attached hydrogen (secondary N) is 1. The fourth-order valence-electron chi connectivity index (χ4n) is 3.58. The number of H-pyrrole nitrogens is 1. The Morgan fingerprint density at radius 1 is 1.36 bits per heavy atom. The van der Waals surface area contributed by atoms with Crippen molar-refractivity contribution in [3.8, 4) is 0 Å². The van der Waals surface area contributed by atoms with Crippen LogP contribution in [0.1, 0.15) is 37.0 Å². The minimum Gasteiger partial charge on any atom is -0.334 e. The third kappa shape index (κ3) is 3.11. The number of aromatic nitrogens is 2. The molecule has 1 saturated heterocycles. The number of aromatic amines is 1. The predicted octanol–water partition coefficient (Wildman–Crippen LogP) is 0.909. The highest BCUT2D eigenvalue weighted by Crippen LogP contribution is 2.24. The van der Waals surface area contributed by atoms with Crippen LogP contribution in [0.2, 0.25) is 0 Å². The number of benzene rings is 1. The molecule has 3 N–H and O–H groups in total. The molecule has 1 aliphatic heterocycles. The second kappa shape index (κ2) is 6.84. The van der Waals surface area contributed by atoms with Crippen LogP contribution >= 0.6 is 0 Å². The van der Waals surface area contributed by atoms with Gasteiger partial charge < -0.3 is 15.6 Å². The lowest BCUT2D eigenvalue weighted by molar-refractivity contribution is 0.0574. The van der Waals surface area contributed by atoms with E-state index >= 15 is 0 Å². The lowest BCUT2D eigenvalue weighted by Crippen LogP contribution is -2.49. The number of amides is 1. The first-order valence-electron chi connectivity index (χ1n) is 8.74. The molecule has 7 nitrogen and oxygen atoms in total. The zero-order valence-electron chi connectivity index (χ0n) is 14.6. The number of hydrogen-bond donors (Lipinski definition) is 2. The monoisotopic (exact) mass is 344 g/mol. The zero-order chi connectivity index (χ0) is 18.1. The van der Waals surface area contributed by atoms with Gasteiger partial charge in [0.1, 0.15) is 0 Å². The number of carbonyl (C=O) groups excluding carboxylic acids is 1. The van der Waals surface area contributed by atoms with Crippen molar-refractivity contribution in [3.05, 3.63) is 44.6 Å². The van der Waals surface area contributed by atoms with E-state index in [4.69, 9.17) is 5.73 Å². The molecule has 1 amide bonds. The molecule has 1 fully saturated rings. The van der Waals surface area contributed by atoms with Crippen molar-refractivity contribution >= 4 is 16.8 Å². The van der Waals surface area contributed by atoms with E-state index in [-0.39, 0.29) is 17.5 Å². The Morgan fingerprint density at radius 3 is 2.80 bits per heavy atom. The Morgan fingerprint density at radius 2 is 2.12 bits per heavy atom. The van der Waals surface area contributed by atoms with Crippen molar-refractivity contribution in [2.45, 2.75) is 39.3 Å². The van der Waals surface area contributed by atoms with Crippen LogP contribution in [0.25, 0.3) is 10.9 Å². The van der Waals surface area contributed by atoms with Gasteiger partial charge in [0, 0.05) is 31.2 Å². The first-order valence-corrected chi connectivity index (χ1v) is 8.74. The van der Waals surface area contributed by atoms with Gasteiger partial charge in [0.05, 0.1) is 10.9 Å². The van der Waals surface area contributed by atoms with E-state index in [2.05, 4.69) is 11.9 Å². The number of likely N-dealkylation sites (tertiary alicyclic amines) is 1. The van der Waals surface area contributed by atoms with Crippen LogP contribution in [0.5, 0.6) is 0 Å². The second-order valence-corrected chi connectivity index (χ2v) is 6.76. The molecule has 1 aliphatic rings. The summed E-state index contributed by atoms with van der Waals surface area (Å²) >= 11 is 0. The summed E-state index contributed by atoms with van der Waals surface area (Å²) < 4.78 is 1.14. The molecule has 0 radical (unpaired) electrons. The number of fused-ring (bicyclic) bond motifs is 1. The summed E-state index contributed by atoms with van der Waals surface area (Å²) in [6.45, 7) is 5.32. The molecule has 1 aromatic heterocycles. The van der Waals surface area contributed by atoms with Crippen molar-refractivity contribution in [3.63, 3.8) is 0 Å². The van der Waals surface area contributed by atoms with Crippen LogP contribution in [0.4, 0.5) is 0 Å². The first kappa shape index (κ1) is 17.4. The minimum absolute atomic E-state index is 0.0269. The molecule has 3 rings (SSSR count). The van der Waals surface area contributed by atoms with Gasteiger partial charge in [-0.2, -0.15) is 0 Å². The number of rotatable bonds is 3. The van der Waals surface area contributed by atoms with Crippen molar-refractivity contribution in [1.82, 2.24) is 14.5 Å². The molecule has 134 valence electrons. The quantitative estimate of drug-likeness (QED) is 0.864. The van der Waals surface area contributed by atoms with E-state index in [1.807, 2.05) is 4.90 Å². The number of carbonyl (C=O) groups is 1. The smallest absolute Gasteiger partial charge is 0.328 e. The molecule has 0 saturated carbocycles. The maximum Gasteiger partial charge on any atom is 0.328 e. The van der Waals surface area contributed by atoms with Crippen LogP contribution in [0, 0.1) is 5.92 Å². The molecule has 2 heterocycles. The highest BCUT2D eigenvalue weighted by atomic mass is 16.2. The van der Waals surface area contributed by atoms with Gasteiger partial charge in [-0.1, -0.05) is 6.92 Å². The van der Waals surface area contributed by atoms with Crippen LogP contribution in [-0.2, 0) is 6.54 Å². The Labute approximate surface area is 145 Å². The molecule has 1 aromatic carbocycles. The van der Waals surface area contributed by atoms with Crippen molar-refractivity contribution < 1.29 is 4.79 Å². The van der Waals surface area contributed by atoms with Gasteiger partial charge in [-0.3, -0.25) is 14.2 Å². The van der Waals surface area contributed by atoms with Crippen molar-refractivity contribution in [2.24, 2.45) is 11.7 Å². The summed E-state index contributed by atoms with van der Waals surface area (Å²) in [6, 6.07) is 4.87. The molecular formula is C18H24N4O3. The Balaban J connectivity index is 2.00. The van der Waals surface area contributed by atoms with Gasteiger partial charge in [0.2, 0.25) is 0 Å². The third-order valence-electron chi connectivity index (χ3n) is 5.06. The van der Waals surface area contributed by atoms with E-state index in [0.29, 0.717) is 42.0 Å². The van der Waals surface area contributed by atoms with Gasteiger partial charge >= 0.3 is 5.69 Å². The first-order chi connectivity index (χ1) is 12.0. The molecule has 2 atom stereocenters. The van der Waals surface area contributed by atoms with E-state index in [9.17, 15) is 14.4 Å². The topological polar surface area (TPSA) is 101 Å². The summed E-state index contributed by atoms with van der Waals surface area (Å²) in [5.41, 5.74) is 5.90. The molecule has 2 unspecified atom stereocenters. The maximum absolute atomic E-state index is 12.9. The van der Waals surface area contributed by atoms with Crippen molar-refractivity contribution in [2.75, 3.05) is 13.1 Å². The molecule has 0 bridgehead atoms. The fourth-order valence-corrected chi connectivity index (χ4v) is 3.58. The van der Waals surface area contributed by atoms with Crippen LogP contribution in [0.15, 0.2) is 27.8 Å². The summed E-state index contributed by atoms with van der Waals surface area (Å²) in [5.74, 6) is 0.447. The van der Waals surface area contributed by atoms with E-state index < -0.39 is 5.69 Å². The third-order valence-corrected chi connectivity index (χ3v) is 5.06. The molecular weight excluding hydrogens is 320 g/mol. The van der Waals surface area contributed by atoms with Crippen molar-refractivity contribution in [1.29, 1.82) is 0 Å². The van der Waals surface area contributed by atoms with E-state index in [1.54, 1.807) is 25.1 Å². The molecule has 0 aliphatic carbocycles. The molecule has 25 heavy (non-hydrogen) atoms. The summed E-state index contributed by atoms with van der Waals surface area (Å²) in [6.07, 6.45) is 1.85. The summed E-state index contributed by atoms with van der Waals surface area (Å²) in [4.78, 5) is 41.7. The average molecular weight is 344 g/mol. The number of nitrogens with two attached hydrogens (primary N) is 1. The van der Waals surface area contributed by atoms with E-state index in [1.165, 1.54) is 0 Å². The molecule has 0 spiro atoms. The second-order valence-electron chi connectivity index (χ2n) is 6.76. The van der Waals surface area contributed by atoms with Gasteiger partial charge in [-0.25, -0.2) is 4.79 Å². The Hall–Kier alpha value is -2.41. The number of hydrogen-bond acceptors (Lipinski definition) is 4. The van der Waals surface area contributed by atoms with Crippen LogP contribution < -0.4 is 17.0 Å². The highest BCUT2D eigenvalue weighted by Gasteiger charge is 2.29. The normalized spacial score (nSPS) is 20.8. The Kier molecular flexibility index (Phi) is 4.76.